The number of nitriles is 1. The second-order valence-electron chi connectivity index (χ2n) is 6.42. The molecule has 0 radical (unpaired) electrons. The van der Waals surface area contributed by atoms with Crippen LogP contribution in [0.15, 0.2) is 66.4 Å². The van der Waals surface area contributed by atoms with E-state index in [1.165, 1.54) is 5.56 Å². The minimum absolute atomic E-state index is 0.0893. The standard InChI is InChI=1S/C21H21ClN4O/c22-19-7-4-8-20(13-19)24-21(27)18(14-23)16-26-11-9-25(10-12-26)15-17-5-2-1-3-6-17/h1-8,13,16H,9-12,15H2,(H,24,27)/b18-16+. The van der Waals surface area contributed by atoms with Crippen LogP contribution in [-0.2, 0) is 11.3 Å². The van der Waals surface area contributed by atoms with E-state index in [2.05, 4.69) is 22.3 Å². The normalized spacial score (nSPS) is 15.3. The molecular weight excluding hydrogens is 360 g/mol. The number of hydrogen-bond donors (Lipinski definition) is 1. The van der Waals surface area contributed by atoms with Gasteiger partial charge >= 0.3 is 0 Å². The molecule has 1 aliphatic heterocycles. The predicted octanol–water partition coefficient (Wildman–Crippen LogP) is 3.50. The van der Waals surface area contributed by atoms with Crippen molar-refractivity contribution < 1.29 is 4.79 Å². The summed E-state index contributed by atoms with van der Waals surface area (Å²) < 4.78 is 0. The summed E-state index contributed by atoms with van der Waals surface area (Å²) in [5.74, 6) is -0.425. The van der Waals surface area contributed by atoms with Crippen molar-refractivity contribution in [1.29, 1.82) is 5.26 Å². The SMILES string of the molecule is N#C/C(=C\N1CCN(Cc2ccccc2)CC1)C(=O)Nc1cccc(Cl)c1. The molecule has 2 aromatic rings. The zero-order valence-electron chi connectivity index (χ0n) is 14.9. The van der Waals surface area contributed by atoms with Crippen LogP contribution >= 0.6 is 11.6 Å². The lowest BCUT2D eigenvalue weighted by Crippen LogP contribution is -2.43. The summed E-state index contributed by atoms with van der Waals surface area (Å²) in [6, 6.07) is 19.2. The topological polar surface area (TPSA) is 59.4 Å². The van der Waals surface area contributed by atoms with Gasteiger partial charge < -0.3 is 10.2 Å². The maximum atomic E-state index is 12.4. The van der Waals surface area contributed by atoms with Gasteiger partial charge in [-0.2, -0.15) is 5.26 Å². The van der Waals surface area contributed by atoms with E-state index < -0.39 is 5.91 Å². The minimum Gasteiger partial charge on any atom is -0.374 e. The molecule has 0 atom stereocenters. The largest absolute Gasteiger partial charge is 0.374 e. The van der Waals surface area contributed by atoms with Crippen molar-refractivity contribution in [2.45, 2.75) is 6.54 Å². The van der Waals surface area contributed by atoms with Crippen molar-refractivity contribution in [1.82, 2.24) is 9.80 Å². The number of anilines is 1. The van der Waals surface area contributed by atoms with Crippen LogP contribution in [0.2, 0.25) is 5.02 Å². The highest BCUT2D eigenvalue weighted by Crippen LogP contribution is 2.16. The van der Waals surface area contributed by atoms with Gasteiger partial charge in [0.15, 0.2) is 0 Å². The molecule has 5 nitrogen and oxygen atoms in total. The third-order valence-electron chi connectivity index (χ3n) is 4.42. The molecule has 1 saturated heterocycles. The Morgan fingerprint density at radius 3 is 2.52 bits per heavy atom. The van der Waals surface area contributed by atoms with Crippen LogP contribution in [0.1, 0.15) is 5.56 Å². The van der Waals surface area contributed by atoms with Gasteiger partial charge in [-0.1, -0.05) is 48.0 Å². The van der Waals surface area contributed by atoms with E-state index in [9.17, 15) is 10.1 Å². The molecule has 1 heterocycles. The van der Waals surface area contributed by atoms with Crippen LogP contribution in [-0.4, -0.2) is 41.9 Å². The van der Waals surface area contributed by atoms with Gasteiger partial charge in [0.2, 0.25) is 0 Å². The number of halogens is 1. The number of rotatable bonds is 5. The molecule has 1 amide bonds. The molecule has 0 saturated carbocycles. The lowest BCUT2D eigenvalue weighted by molar-refractivity contribution is -0.112. The zero-order chi connectivity index (χ0) is 19.1. The molecule has 138 valence electrons. The number of amides is 1. The highest BCUT2D eigenvalue weighted by molar-refractivity contribution is 6.31. The molecule has 1 aliphatic rings. The first-order valence-electron chi connectivity index (χ1n) is 8.83. The average molecular weight is 381 g/mol. The summed E-state index contributed by atoms with van der Waals surface area (Å²) in [5.41, 5.74) is 1.95. The van der Waals surface area contributed by atoms with Gasteiger partial charge in [-0.25, -0.2) is 0 Å². The Balaban J connectivity index is 1.55. The Morgan fingerprint density at radius 2 is 1.85 bits per heavy atom. The molecule has 0 spiro atoms. The molecule has 0 aliphatic carbocycles. The van der Waals surface area contributed by atoms with Gasteiger partial charge in [0.1, 0.15) is 11.6 Å². The van der Waals surface area contributed by atoms with Crippen molar-refractivity contribution in [2.75, 3.05) is 31.5 Å². The molecule has 0 unspecified atom stereocenters. The summed E-state index contributed by atoms with van der Waals surface area (Å²) in [5, 5.41) is 12.6. The number of benzene rings is 2. The lowest BCUT2D eigenvalue weighted by Gasteiger charge is -2.34. The van der Waals surface area contributed by atoms with Gasteiger partial charge in [-0.15, -0.1) is 0 Å². The van der Waals surface area contributed by atoms with E-state index >= 15 is 0 Å². The van der Waals surface area contributed by atoms with Crippen LogP contribution in [0.3, 0.4) is 0 Å². The number of carbonyl (C=O) groups excluding carboxylic acids is 1. The Morgan fingerprint density at radius 1 is 1.11 bits per heavy atom. The first kappa shape index (κ1) is 19.0. The van der Waals surface area contributed by atoms with E-state index in [1.807, 2.05) is 29.2 Å². The van der Waals surface area contributed by atoms with Crippen molar-refractivity contribution >= 4 is 23.2 Å². The van der Waals surface area contributed by atoms with Crippen molar-refractivity contribution in [3.8, 4) is 6.07 Å². The molecule has 1 N–H and O–H groups in total. The molecule has 2 aromatic carbocycles. The van der Waals surface area contributed by atoms with Crippen LogP contribution in [0, 0.1) is 11.3 Å². The third-order valence-corrected chi connectivity index (χ3v) is 4.65. The first-order chi connectivity index (χ1) is 13.1. The molecule has 3 rings (SSSR count). The van der Waals surface area contributed by atoms with Crippen molar-refractivity contribution in [2.24, 2.45) is 0 Å². The highest BCUT2D eigenvalue weighted by Gasteiger charge is 2.17. The maximum absolute atomic E-state index is 12.4. The smallest absolute Gasteiger partial charge is 0.267 e. The van der Waals surface area contributed by atoms with E-state index in [-0.39, 0.29) is 5.57 Å². The zero-order valence-corrected chi connectivity index (χ0v) is 15.7. The number of nitrogens with one attached hydrogen (secondary N) is 1. The Kier molecular flexibility index (Phi) is 6.48. The fourth-order valence-corrected chi connectivity index (χ4v) is 3.17. The van der Waals surface area contributed by atoms with Crippen LogP contribution < -0.4 is 5.32 Å². The van der Waals surface area contributed by atoms with Crippen LogP contribution in [0.4, 0.5) is 5.69 Å². The summed E-state index contributed by atoms with van der Waals surface area (Å²) in [6.45, 7) is 4.25. The maximum Gasteiger partial charge on any atom is 0.267 e. The van der Waals surface area contributed by atoms with Gasteiger partial charge in [-0.05, 0) is 23.8 Å². The van der Waals surface area contributed by atoms with E-state index in [4.69, 9.17) is 11.6 Å². The fourth-order valence-electron chi connectivity index (χ4n) is 2.98. The Labute approximate surface area is 164 Å². The highest BCUT2D eigenvalue weighted by atomic mass is 35.5. The summed E-state index contributed by atoms with van der Waals surface area (Å²) in [6.07, 6.45) is 1.65. The molecule has 27 heavy (non-hydrogen) atoms. The summed E-state index contributed by atoms with van der Waals surface area (Å²) in [4.78, 5) is 16.8. The number of hydrogen-bond acceptors (Lipinski definition) is 4. The molecular formula is C21H21ClN4O. The minimum atomic E-state index is -0.425. The number of nitrogens with zero attached hydrogens (tertiary/aromatic N) is 3. The monoisotopic (exact) mass is 380 g/mol. The number of piperazine rings is 1. The molecule has 6 heteroatoms. The van der Waals surface area contributed by atoms with E-state index in [0.29, 0.717) is 10.7 Å². The second kappa shape index (κ2) is 9.22. The van der Waals surface area contributed by atoms with Crippen molar-refractivity contribution in [3.05, 3.63) is 77.0 Å². The molecule has 1 fully saturated rings. The summed E-state index contributed by atoms with van der Waals surface area (Å²) in [7, 11) is 0. The Bertz CT molecular complexity index is 852. The Hall–Kier alpha value is -2.81. The summed E-state index contributed by atoms with van der Waals surface area (Å²) >= 11 is 5.93. The number of carbonyl (C=O) groups is 1. The van der Waals surface area contributed by atoms with Crippen LogP contribution in [0.5, 0.6) is 0 Å². The van der Waals surface area contributed by atoms with Gasteiger partial charge in [0, 0.05) is 49.6 Å². The van der Waals surface area contributed by atoms with Gasteiger partial charge in [0.25, 0.3) is 5.91 Å². The first-order valence-corrected chi connectivity index (χ1v) is 9.21. The van der Waals surface area contributed by atoms with Crippen molar-refractivity contribution in [3.63, 3.8) is 0 Å². The fraction of sp³-hybridized carbons (Fsp3) is 0.238. The second-order valence-corrected chi connectivity index (χ2v) is 6.85. The predicted molar refractivity (Wildman–Crippen MR) is 107 cm³/mol. The molecule has 0 aromatic heterocycles. The third kappa shape index (κ3) is 5.58. The molecule has 0 bridgehead atoms. The van der Waals surface area contributed by atoms with E-state index in [1.54, 1.807) is 30.5 Å². The quantitative estimate of drug-likeness (QED) is 0.637. The van der Waals surface area contributed by atoms with Crippen LogP contribution in [0.25, 0.3) is 0 Å². The van der Waals surface area contributed by atoms with Gasteiger partial charge in [0.05, 0.1) is 0 Å². The lowest BCUT2D eigenvalue weighted by atomic mass is 10.2. The van der Waals surface area contributed by atoms with Gasteiger partial charge in [-0.3, -0.25) is 9.69 Å². The van der Waals surface area contributed by atoms with E-state index in [0.717, 1.165) is 32.7 Å². The average Bonchev–Trinajstić information content (AvgIpc) is 2.68.